The van der Waals surface area contributed by atoms with Crippen LogP contribution in [0.3, 0.4) is 0 Å². The minimum absolute atomic E-state index is 0. The summed E-state index contributed by atoms with van der Waals surface area (Å²) in [6.45, 7) is 4.28. The molecular formula is C8H15NaO2. The van der Waals surface area contributed by atoms with Crippen LogP contribution in [-0.4, -0.2) is 5.97 Å². The molecule has 0 aromatic heterocycles. The monoisotopic (exact) mass is 166 g/mol. The van der Waals surface area contributed by atoms with Gasteiger partial charge in [0.15, 0.2) is 0 Å². The summed E-state index contributed by atoms with van der Waals surface area (Å²) in [5, 5.41) is 9.93. The Kier molecular flexibility index (Phi) is 10.9. The minimum Gasteiger partial charge on any atom is -0.550 e. The zero-order valence-corrected chi connectivity index (χ0v) is 9.72. The molecule has 0 N–H and O–H groups in total. The van der Waals surface area contributed by atoms with Gasteiger partial charge in [0.25, 0.3) is 0 Å². The van der Waals surface area contributed by atoms with Gasteiger partial charge in [0.05, 0.1) is 0 Å². The van der Waals surface area contributed by atoms with Gasteiger partial charge >= 0.3 is 29.6 Å². The van der Waals surface area contributed by atoms with Crippen molar-refractivity contribution in [1.29, 1.82) is 0 Å². The Bertz CT molecular complexity index is 102. The molecule has 0 spiro atoms. The first-order chi connectivity index (χ1) is 4.63. The zero-order chi connectivity index (χ0) is 7.98. The molecule has 0 amide bonds. The van der Waals surface area contributed by atoms with E-state index in [-0.39, 0.29) is 36.0 Å². The van der Waals surface area contributed by atoms with Crippen LogP contribution < -0.4 is 34.7 Å². The van der Waals surface area contributed by atoms with E-state index in [0.717, 1.165) is 19.3 Å². The Labute approximate surface area is 90.7 Å². The van der Waals surface area contributed by atoms with Crippen LogP contribution in [0.1, 0.15) is 39.5 Å². The number of unbranched alkanes of at least 4 members (excludes halogenated alkanes) is 1. The van der Waals surface area contributed by atoms with Crippen molar-refractivity contribution < 1.29 is 39.5 Å². The molecule has 0 saturated carbocycles. The van der Waals surface area contributed by atoms with E-state index in [0.29, 0.717) is 5.92 Å². The molecule has 0 saturated heterocycles. The second-order valence-electron chi connectivity index (χ2n) is 3.01. The van der Waals surface area contributed by atoms with E-state index in [1.165, 1.54) is 0 Å². The van der Waals surface area contributed by atoms with Crippen molar-refractivity contribution >= 4 is 5.97 Å². The molecule has 3 heteroatoms. The van der Waals surface area contributed by atoms with Crippen LogP contribution in [0.4, 0.5) is 0 Å². The number of aliphatic carboxylic acids is 1. The number of hydrogen-bond acceptors (Lipinski definition) is 2. The summed E-state index contributed by atoms with van der Waals surface area (Å²) < 4.78 is 0. The first-order valence-corrected chi connectivity index (χ1v) is 3.82. The number of hydrogen-bond donors (Lipinski definition) is 0. The molecule has 0 aliphatic rings. The molecule has 0 radical (unpaired) electrons. The topological polar surface area (TPSA) is 40.1 Å². The average molecular weight is 166 g/mol. The summed E-state index contributed by atoms with van der Waals surface area (Å²) >= 11 is 0. The van der Waals surface area contributed by atoms with E-state index in [1.54, 1.807) is 0 Å². The smallest absolute Gasteiger partial charge is 0.550 e. The van der Waals surface area contributed by atoms with E-state index in [1.807, 2.05) is 0 Å². The molecular weight excluding hydrogens is 151 g/mol. The van der Waals surface area contributed by atoms with Gasteiger partial charge in [-0.1, -0.05) is 26.7 Å². The average Bonchev–Trinajstić information content (AvgIpc) is 1.79. The number of rotatable bonds is 5. The van der Waals surface area contributed by atoms with Gasteiger partial charge in [0.2, 0.25) is 0 Å². The molecule has 0 heterocycles. The summed E-state index contributed by atoms with van der Waals surface area (Å²) in [5.41, 5.74) is 0. The normalized spacial score (nSPS) is 9.36. The predicted molar refractivity (Wildman–Crippen MR) is 38.3 cm³/mol. The van der Waals surface area contributed by atoms with Gasteiger partial charge in [-0.2, -0.15) is 0 Å². The molecule has 0 bridgehead atoms. The van der Waals surface area contributed by atoms with Crippen LogP contribution in [0, 0.1) is 5.92 Å². The Morgan fingerprint density at radius 1 is 1.36 bits per heavy atom. The first kappa shape index (κ1) is 14.0. The number of carbonyl (C=O) groups is 1. The van der Waals surface area contributed by atoms with Gasteiger partial charge in [-0.3, -0.25) is 0 Å². The molecule has 2 nitrogen and oxygen atoms in total. The number of carbonyl (C=O) groups excluding carboxylic acids is 1. The quantitative estimate of drug-likeness (QED) is 0.348. The molecule has 0 unspecified atom stereocenters. The van der Waals surface area contributed by atoms with Crippen molar-refractivity contribution in [2.24, 2.45) is 5.92 Å². The van der Waals surface area contributed by atoms with Crippen LogP contribution >= 0.6 is 0 Å². The molecule has 60 valence electrons. The van der Waals surface area contributed by atoms with Crippen LogP contribution in [0.15, 0.2) is 0 Å². The van der Waals surface area contributed by atoms with Crippen molar-refractivity contribution in [1.82, 2.24) is 0 Å². The standard InChI is InChI=1S/C8H16O2.Na/c1-7(2)5-3-4-6-8(9)10;/h7H,3-6H2,1-2H3,(H,9,10);/q;+1/p-1. The summed E-state index contributed by atoms with van der Waals surface area (Å²) in [5.74, 6) is -0.245. The van der Waals surface area contributed by atoms with Crippen molar-refractivity contribution in [3.8, 4) is 0 Å². The maximum absolute atomic E-state index is 9.93. The van der Waals surface area contributed by atoms with Gasteiger partial charge in [-0.15, -0.1) is 0 Å². The molecule has 11 heavy (non-hydrogen) atoms. The fourth-order valence-electron chi connectivity index (χ4n) is 0.822. The van der Waals surface area contributed by atoms with Crippen molar-refractivity contribution in [2.45, 2.75) is 39.5 Å². The molecule has 0 rings (SSSR count). The Balaban J connectivity index is 0. The molecule has 0 atom stereocenters. The van der Waals surface area contributed by atoms with Gasteiger partial charge in [0, 0.05) is 5.97 Å². The van der Waals surface area contributed by atoms with Crippen molar-refractivity contribution in [3.63, 3.8) is 0 Å². The van der Waals surface area contributed by atoms with Crippen molar-refractivity contribution in [2.75, 3.05) is 0 Å². The summed E-state index contributed by atoms with van der Waals surface area (Å²) in [6, 6.07) is 0. The zero-order valence-electron chi connectivity index (χ0n) is 7.72. The fourth-order valence-corrected chi connectivity index (χ4v) is 0.822. The van der Waals surface area contributed by atoms with Gasteiger partial charge in [-0.25, -0.2) is 0 Å². The maximum Gasteiger partial charge on any atom is 1.00 e. The number of carboxylic acids is 1. The van der Waals surface area contributed by atoms with Crippen LogP contribution in [0.2, 0.25) is 0 Å². The van der Waals surface area contributed by atoms with Crippen molar-refractivity contribution in [3.05, 3.63) is 0 Å². The Hall–Kier alpha value is 0.470. The summed E-state index contributed by atoms with van der Waals surface area (Å²) in [6.07, 6.45) is 3.10. The molecule has 0 aromatic carbocycles. The summed E-state index contributed by atoms with van der Waals surface area (Å²) in [4.78, 5) is 9.93. The predicted octanol–water partition coefficient (Wildman–Crippen LogP) is -2.04. The van der Waals surface area contributed by atoms with Crippen LogP contribution in [0.25, 0.3) is 0 Å². The second-order valence-corrected chi connectivity index (χ2v) is 3.01. The third kappa shape index (κ3) is 13.5. The van der Waals surface area contributed by atoms with Crippen LogP contribution in [0.5, 0.6) is 0 Å². The van der Waals surface area contributed by atoms with Gasteiger partial charge in [-0.05, 0) is 18.8 Å². The third-order valence-corrected chi connectivity index (χ3v) is 1.41. The maximum atomic E-state index is 9.93. The first-order valence-electron chi connectivity index (χ1n) is 3.82. The largest absolute Gasteiger partial charge is 1.00 e. The molecule has 0 aliphatic heterocycles. The van der Waals surface area contributed by atoms with Gasteiger partial charge in [0.1, 0.15) is 0 Å². The molecule has 0 aliphatic carbocycles. The van der Waals surface area contributed by atoms with E-state index in [9.17, 15) is 9.90 Å². The SMILES string of the molecule is CC(C)CCCCC(=O)[O-].[Na+]. The number of carboxylic acid groups (broad SMARTS) is 1. The van der Waals surface area contributed by atoms with E-state index in [4.69, 9.17) is 0 Å². The molecule has 0 fully saturated rings. The third-order valence-electron chi connectivity index (χ3n) is 1.41. The Morgan fingerprint density at radius 3 is 2.27 bits per heavy atom. The second kappa shape index (κ2) is 8.57. The molecule has 0 aromatic rings. The van der Waals surface area contributed by atoms with Gasteiger partial charge < -0.3 is 9.90 Å². The summed E-state index contributed by atoms with van der Waals surface area (Å²) in [7, 11) is 0. The van der Waals surface area contributed by atoms with E-state index in [2.05, 4.69) is 13.8 Å². The fraction of sp³-hybridized carbons (Fsp3) is 0.875. The van der Waals surface area contributed by atoms with E-state index >= 15 is 0 Å². The van der Waals surface area contributed by atoms with Crippen LogP contribution in [-0.2, 0) is 4.79 Å². The minimum atomic E-state index is -0.927. The Morgan fingerprint density at radius 2 is 1.91 bits per heavy atom. The van der Waals surface area contributed by atoms with E-state index < -0.39 is 5.97 Å².